The number of benzene rings is 1. The van der Waals surface area contributed by atoms with Crippen LogP contribution in [0.15, 0.2) is 54.9 Å². The maximum Gasteiger partial charge on any atom is 0.340 e. The van der Waals surface area contributed by atoms with Gasteiger partial charge in [-0.2, -0.15) is 5.10 Å². The predicted octanol–water partition coefficient (Wildman–Crippen LogP) is 3.26. The summed E-state index contributed by atoms with van der Waals surface area (Å²) in [5.74, 6) is -0.181. The van der Waals surface area contributed by atoms with Crippen molar-refractivity contribution >= 4 is 17.6 Å². The molecule has 0 saturated carbocycles. The van der Waals surface area contributed by atoms with Gasteiger partial charge in [0.15, 0.2) is 5.82 Å². The Morgan fingerprint density at radius 1 is 1.07 bits per heavy atom. The number of carbonyl (C=O) groups excluding carboxylic acids is 2. The fourth-order valence-electron chi connectivity index (χ4n) is 2.75. The summed E-state index contributed by atoms with van der Waals surface area (Å²) in [6, 6.07) is 12.3. The molecule has 7 nitrogen and oxygen atoms in total. The number of hydrogen-bond donors (Lipinski definition) is 1. The number of para-hydroxylation sites is 1. The molecule has 0 aliphatic rings. The number of amides is 1. The first kappa shape index (κ1) is 18.3. The van der Waals surface area contributed by atoms with Crippen molar-refractivity contribution in [3.63, 3.8) is 0 Å². The Balaban J connectivity index is 1.90. The van der Waals surface area contributed by atoms with E-state index in [2.05, 4.69) is 15.4 Å². The lowest BCUT2D eigenvalue weighted by Gasteiger charge is -2.11. The summed E-state index contributed by atoms with van der Waals surface area (Å²) >= 11 is 0. The van der Waals surface area contributed by atoms with Gasteiger partial charge in [-0.25, -0.2) is 14.5 Å². The number of nitrogens with one attached hydrogen (secondary N) is 1. The maximum atomic E-state index is 12.8. The first-order chi connectivity index (χ1) is 13.2. The third-order valence-corrected chi connectivity index (χ3v) is 3.99. The summed E-state index contributed by atoms with van der Waals surface area (Å²) < 4.78 is 6.69. The monoisotopic (exact) mass is 364 g/mol. The molecule has 0 radical (unpaired) electrons. The number of aromatic nitrogens is 3. The van der Waals surface area contributed by atoms with Crippen molar-refractivity contribution in [2.45, 2.75) is 20.3 Å². The summed E-state index contributed by atoms with van der Waals surface area (Å²) in [6.07, 6.45) is 3.78. The van der Waals surface area contributed by atoms with E-state index in [0.29, 0.717) is 29.1 Å². The minimum Gasteiger partial charge on any atom is -0.462 e. The Labute approximate surface area is 157 Å². The van der Waals surface area contributed by atoms with Crippen molar-refractivity contribution in [3.05, 3.63) is 71.7 Å². The number of pyridine rings is 1. The van der Waals surface area contributed by atoms with Crippen LogP contribution in [0.2, 0.25) is 0 Å². The molecule has 0 aliphatic carbocycles. The highest BCUT2D eigenvalue weighted by Crippen LogP contribution is 2.20. The second-order valence-electron chi connectivity index (χ2n) is 5.68. The van der Waals surface area contributed by atoms with E-state index in [-0.39, 0.29) is 12.5 Å². The van der Waals surface area contributed by atoms with Gasteiger partial charge in [0, 0.05) is 6.20 Å². The largest absolute Gasteiger partial charge is 0.462 e. The Kier molecular flexibility index (Phi) is 5.61. The second kappa shape index (κ2) is 8.27. The minimum atomic E-state index is -0.478. The quantitative estimate of drug-likeness (QED) is 0.679. The van der Waals surface area contributed by atoms with Gasteiger partial charge < -0.3 is 10.1 Å². The molecule has 2 aromatic heterocycles. The zero-order chi connectivity index (χ0) is 19.2. The standard InChI is InChI=1S/C20H20N4O3/c1-3-17-15(13-22-24(17)18-11-7-8-12-21-18)19(25)23-16-10-6-5-9-14(16)20(26)27-4-2/h5-13H,3-4H2,1-2H3,(H,23,25). The molecule has 0 aliphatic heterocycles. The lowest BCUT2D eigenvalue weighted by atomic mass is 10.1. The molecule has 1 aromatic carbocycles. The molecule has 0 saturated heterocycles. The molecule has 2 heterocycles. The number of rotatable bonds is 6. The van der Waals surface area contributed by atoms with Crippen LogP contribution in [0.3, 0.4) is 0 Å². The van der Waals surface area contributed by atoms with Gasteiger partial charge in [0.05, 0.1) is 35.3 Å². The number of ether oxygens (including phenoxy) is 1. The Bertz CT molecular complexity index is 951. The third-order valence-electron chi connectivity index (χ3n) is 3.99. The Hall–Kier alpha value is -3.48. The van der Waals surface area contributed by atoms with E-state index in [1.54, 1.807) is 42.1 Å². The van der Waals surface area contributed by atoms with E-state index in [0.717, 1.165) is 5.69 Å². The van der Waals surface area contributed by atoms with Crippen LogP contribution in [0.1, 0.15) is 40.3 Å². The first-order valence-corrected chi connectivity index (χ1v) is 8.71. The van der Waals surface area contributed by atoms with Crippen molar-refractivity contribution in [3.8, 4) is 5.82 Å². The van der Waals surface area contributed by atoms with Gasteiger partial charge in [0.25, 0.3) is 5.91 Å². The van der Waals surface area contributed by atoms with E-state index in [1.807, 2.05) is 25.1 Å². The topological polar surface area (TPSA) is 86.1 Å². The molecule has 0 atom stereocenters. The summed E-state index contributed by atoms with van der Waals surface area (Å²) in [4.78, 5) is 29.2. The van der Waals surface area contributed by atoms with Gasteiger partial charge >= 0.3 is 5.97 Å². The van der Waals surface area contributed by atoms with Crippen molar-refractivity contribution in [1.29, 1.82) is 0 Å². The molecular weight excluding hydrogens is 344 g/mol. The SMILES string of the molecule is CCOC(=O)c1ccccc1NC(=O)c1cnn(-c2ccccn2)c1CC. The highest BCUT2D eigenvalue weighted by atomic mass is 16.5. The van der Waals surface area contributed by atoms with E-state index < -0.39 is 5.97 Å². The van der Waals surface area contributed by atoms with E-state index in [9.17, 15) is 9.59 Å². The average molecular weight is 364 g/mol. The van der Waals surface area contributed by atoms with E-state index in [1.165, 1.54) is 6.20 Å². The summed E-state index contributed by atoms with van der Waals surface area (Å²) in [5.41, 5.74) is 1.87. The molecule has 27 heavy (non-hydrogen) atoms. The van der Waals surface area contributed by atoms with Crippen molar-refractivity contribution < 1.29 is 14.3 Å². The van der Waals surface area contributed by atoms with Crippen molar-refractivity contribution in [2.24, 2.45) is 0 Å². The third kappa shape index (κ3) is 3.87. The van der Waals surface area contributed by atoms with Crippen molar-refractivity contribution in [2.75, 3.05) is 11.9 Å². The van der Waals surface area contributed by atoms with Gasteiger partial charge in [-0.3, -0.25) is 4.79 Å². The normalized spacial score (nSPS) is 10.4. The zero-order valence-corrected chi connectivity index (χ0v) is 15.2. The Morgan fingerprint density at radius 3 is 2.56 bits per heavy atom. The fraction of sp³-hybridized carbons (Fsp3) is 0.200. The number of anilines is 1. The summed E-state index contributed by atoms with van der Waals surface area (Å²) in [6.45, 7) is 3.94. The van der Waals surface area contributed by atoms with Gasteiger partial charge in [-0.05, 0) is 37.6 Å². The fourth-order valence-corrected chi connectivity index (χ4v) is 2.75. The highest BCUT2D eigenvalue weighted by molar-refractivity contribution is 6.08. The predicted molar refractivity (Wildman–Crippen MR) is 101 cm³/mol. The zero-order valence-electron chi connectivity index (χ0n) is 15.2. The number of carbonyl (C=O) groups is 2. The molecule has 0 spiro atoms. The molecule has 0 fully saturated rings. The van der Waals surface area contributed by atoms with Gasteiger partial charge in [-0.15, -0.1) is 0 Å². The second-order valence-corrected chi connectivity index (χ2v) is 5.68. The van der Waals surface area contributed by atoms with Crippen LogP contribution in [-0.2, 0) is 11.2 Å². The van der Waals surface area contributed by atoms with Gasteiger partial charge in [-0.1, -0.05) is 25.1 Å². The number of esters is 1. The Morgan fingerprint density at radius 2 is 1.85 bits per heavy atom. The molecular formula is C20H20N4O3. The summed E-state index contributed by atoms with van der Waals surface area (Å²) in [5, 5.41) is 7.10. The number of nitrogens with zero attached hydrogens (tertiary/aromatic N) is 3. The van der Waals surface area contributed by atoms with Crippen LogP contribution in [0.5, 0.6) is 0 Å². The number of hydrogen-bond acceptors (Lipinski definition) is 5. The van der Waals surface area contributed by atoms with Gasteiger partial charge in [0.1, 0.15) is 0 Å². The lowest BCUT2D eigenvalue weighted by Crippen LogP contribution is -2.17. The van der Waals surface area contributed by atoms with Crippen LogP contribution in [0.4, 0.5) is 5.69 Å². The van der Waals surface area contributed by atoms with Crippen LogP contribution in [-0.4, -0.2) is 33.2 Å². The van der Waals surface area contributed by atoms with Gasteiger partial charge in [0.2, 0.25) is 0 Å². The molecule has 7 heteroatoms. The average Bonchev–Trinajstić information content (AvgIpc) is 3.13. The minimum absolute atomic E-state index is 0.262. The smallest absolute Gasteiger partial charge is 0.340 e. The van der Waals surface area contributed by atoms with E-state index >= 15 is 0 Å². The summed E-state index contributed by atoms with van der Waals surface area (Å²) in [7, 11) is 0. The molecule has 3 aromatic rings. The van der Waals surface area contributed by atoms with Crippen LogP contribution in [0.25, 0.3) is 5.82 Å². The first-order valence-electron chi connectivity index (χ1n) is 8.71. The van der Waals surface area contributed by atoms with Crippen molar-refractivity contribution in [1.82, 2.24) is 14.8 Å². The molecule has 1 N–H and O–H groups in total. The molecule has 3 rings (SSSR count). The van der Waals surface area contributed by atoms with Crippen LogP contribution < -0.4 is 5.32 Å². The van der Waals surface area contributed by atoms with Crippen LogP contribution in [0, 0.1) is 0 Å². The maximum absolute atomic E-state index is 12.8. The van der Waals surface area contributed by atoms with Crippen LogP contribution >= 0.6 is 0 Å². The molecule has 1 amide bonds. The molecule has 0 bridgehead atoms. The molecule has 138 valence electrons. The van der Waals surface area contributed by atoms with E-state index in [4.69, 9.17) is 4.74 Å². The lowest BCUT2D eigenvalue weighted by molar-refractivity contribution is 0.0527. The molecule has 0 unspecified atom stereocenters. The highest BCUT2D eigenvalue weighted by Gasteiger charge is 2.20.